The van der Waals surface area contributed by atoms with Crippen molar-refractivity contribution < 1.29 is 19.2 Å². The van der Waals surface area contributed by atoms with Crippen LogP contribution in [0.5, 0.6) is 0 Å². The van der Waals surface area contributed by atoms with E-state index < -0.39 is 11.1 Å². The van der Waals surface area contributed by atoms with Crippen LogP contribution in [0.4, 0.5) is 10.5 Å². The zero-order chi connectivity index (χ0) is 28.5. The Morgan fingerprint density at radius 1 is 0.927 bits per heavy atom. The van der Waals surface area contributed by atoms with Gasteiger partial charge in [-0.1, -0.05) is 54.1 Å². The highest BCUT2D eigenvalue weighted by Crippen LogP contribution is 2.34. The Balaban J connectivity index is 1.18. The van der Waals surface area contributed by atoms with Crippen molar-refractivity contribution in [3.8, 4) is 0 Å². The van der Waals surface area contributed by atoms with Crippen molar-refractivity contribution in [1.82, 2.24) is 14.4 Å². The number of amides is 4. The molecule has 8 nitrogen and oxygen atoms in total. The number of nitrogens with zero attached hydrogens (tertiary/aromatic N) is 3. The lowest BCUT2D eigenvalue weighted by molar-refractivity contribution is -0.136. The zero-order valence-corrected chi connectivity index (χ0v) is 23.5. The molecule has 0 spiro atoms. The second-order valence-corrected chi connectivity index (χ2v) is 11.3. The van der Waals surface area contributed by atoms with Crippen LogP contribution in [0, 0.1) is 0 Å². The van der Waals surface area contributed by atoms with Gasteiger partial charge in [-0.3, -0.25) is 24.1 Å². The summed E-state index contributed by atoms with van der Waals surface area (Å²) in [5.41, 5.74) is 4.44. The maximum absolute atomic E-state index is 13.2. The Morgan fingerprint density at radius 2 is 1.66 bits per heavy atom. The molecular formula is C31H25ClN4O4S. The van der Waals surface area contributed by atoms with Gasteiger partial charge in [0, 0.05) is 46.5 Å². The van der Waals surface area contributed by atoms with Crippen LogP contribution in [-0.2, 0) is 33.9 Å². The smallest absolute Gasteiger partial charge is 0.294 e. The largest absolute Gasteiger partial charge is 0.337 e. The number of carbonyl (C=O) groups is 4. The molecule has 1 saturated heterocycles. The lowest BCUT2D eigenvalue weighted by atomic mass is 10.00. The van der Waals surface area contributed by atoms with E-state index in [-0.39, 0.29) is 29.8 Å². The minimum Gasteiger partial charge on any atom is -0.337 e. The summed E-state index contributed by atoms with van der Waals surface area (Å²) in [5.74, 6) is -0.978. The number of carbonyl (C=O) groups excluding carboxylic acids is 4. The normalized spacial score (nSPS) is 16.0. The van der Waals surface area contributed by atoms with E-state index in [1.807, 2.05) is 42.5 Å². The molecule has 0 bridgehead atoms. The van der Waals surface area contributed by atoms with Gasteiger partial charge in [0.25, 0.3) is 11.1 Å². The molecule has 0 unspecified atom stereocenters. The fourth-order valence-corrected chi connectivity index (χ4v) is 6.09. The quantitative estimate of drug-likeness (QED) is 0.300. The highest BCUT2D eigenvalue weighted by molar-refractivity contribution is 8.18. The predicted molar refractivity (Wildman–Crippen MR) is 160 cm³/mol. The van der Waals surface area contributed by atoms with E-state index in [0.29, 0.717) is 29.4 Å². The number of fused-ring (bicyclic) bond motifs is 2. The van der Waals surface area contributed by atoms with Crippen LogP contribution in [-0.4, -0.2) is 50.4 Å². The molecule has 3 heterocycles. The summed E-state index contributed by atoms with van der Waals surface area (Å²) in [6.07, 6.45) is 4.18. The van der Waals surface area contributed by atoms with Gasteiger partial charge < -0.3 is 14.8 Å². The number of aromatic nitrogens is 1. The van der Waals surface area contributed by atoms with E-state index in [2.05, 4.69) is 11.4 Å². The Bertz CT molecular complexity index is 1730. The maximum atomic E-state index is 13.2. The molecular weight excluding hydrogens is 560 g/mol. The second-order valence-electron chi connectivity index (χ2n) is 9.89. The molecule has 1 aromatic heterocycles. The van der Waals surface area contributed by atoms with Crippen molar-refractivity contribution in [1.29, 1.82) is 0 Å². The van der Waals surface area contributed by atoms with Gasteiger partial charge in [0.2, 0.25) is 11.8 Å². The summed E-state index contributed by atoms with van der Waals surface area (Å²) in [4.78, 5) is 54.8. The summed E-state index contributed by atoms with van der Waals surface area (Å²) in [6.45, 7) is 0.766. The van der Waals surface area contributed by atoms with Gasteiger partial charge in [-0.05, 0) is 65.7 Å². The Hall–Kier alpha value is -4.34. The summed E-state index contributed by atoms with van der Waals surface area (Å²) >= 11 is 6.75. The third-order valence-electron chi connectivity index (χ3n) is 7.20. The molecule has 0 atom stereocenters. The number of thioether (sulfide) groups is 1. The van der Waals surface area contributed by atoms with Crippen LogP contribution in [0.2, 0.25) is 5.02 Å². The van der Waals surface area contributed by atoms with Crippen LogP contribution in [0.3, 0.4) is 0 Å². The summed E-state index contributed by atoms with van der Waals surface area (Å²) < 4.78 is 1.80. The van der Waals surface area contributed by atoms with Gasteiger partial charge in [-0.2, -0.15) is 0 Å². The first-order chi connectivity index (χ1) is 19.9. The highest BCUT2D eigenvalue weighted by atomic mass is 35.5. The first kappa shape index (κ1) is 26.9. The fraction of sp³-hybridized carbons (Fsp3) is 0.161. The monoisotopic (exact) mass is 584 g/mol. The molecule has 3 aromatic carbocycles. The summed E-state index contributed by atoms with van der Waals surface area (Å²) in [6, 6.07) is 22.4. The number of imide groups is 1. The van der Waals surface area contributed by atoms with Gasteiger partial charge in [0.15, 0.2) is 0 Å². The van der Waals surface area contributed by atoms with Crippen molar-refractivity contribution in [2.24, 2.45) is 0 Å². The zero-order valence-electron chi connectivity index (χ0n) is 21.9. The van der Waals surface area contributed by atoms with E-state index in [1.165, 1.54) is 5.56 Å². The van der Waals surface area contributed by atoms with E-state index in [4.69, 9.17) is 11.6 Å². The van der Waals surface area contributed by atoms with Crippen LogP contribution in [0.1, 0.15) is 16.7 Å². The minimum absolute atomic E-state index is 0.0475. The number of hydrogen-bond donors (Lipinski definition) is 1. The number of rotatable bonds is 6. The molecule has 2 aliphatic heterocycles. The topological polar surface area (TPSA) is 91.7 Å². The third kappa shape index (κ3) is 5.64. The molecule has 0 saturated carbocycles. The molecule has 1 fully saturated rings. The number of benzene rings is 3. The summed E-state index contributed by atoms with van der Waals surface area (Å²) in [7, 11) is 0. The van der Waals surface area contributed by atoms with Crippen LogP contribution < -0.4 is 5.32 Å². The number of halogens is 1. The standard InChI is InChI=1S/C31H25ClN4O4S/c32-23-9-11-24(12-10-23)33-28(37)18-35-17-22(25-7-3-4-8-26(25)35)15-27-30(39)36(31(40)41-27)19-29(38)34-14-13-20-5-1-2-6-21(20)16-34/h1-12,15,17H,13-14,16,18-19H2,(H,33,37)/b27-15-. The van der Waals surface area contributed by atoms with Gasteiger partial charge >= 0.3 is 0 Å². The van der Waals surface area contributed by atoms with Gasteiger partial charge in [0.1, 0.15) is 13.1 Å². The van der Waals surface area contributed by atoms with Crippen molar-refractivity contribution in [3.63, 3.8) is 0 Å². The van der Waals surface area contributed by atoms with Gasteiger partial charge in [0.05, 0.1) is 4.91 Å². The SMILES string of the molecule is O=C(Cn1cc(/C=C2\SC(=O)N(CC(=O)N3CCc4ccccc4C3)C2=O)c2ccccc21)Nc1ccc(Cl)cc1. The number of anilines is 1. The van der Waals surface area contributed by atoms with Crippen molar-refractivity contribution >= 4 is 69.0 Å². The van der Waals surface area contributed by atoms with E-state index in [1.54, 1.807) is 46.0 Å². The first-order valence-corrected chi connectivity index (χ1v) is 14.3. The molecule has 0 radical (unpaired) electrons. The third-order valence-corrected chi connectivity index (χ3v) is 8.36. The van der Waals surface area contributed by atoms with Crippen molar-refractivity contribution in [2.45, 2.75) is 19.5 Å². The van der Waals surface area contributed by atoms with Crippen LogP contribution in [0.15, 0.2) is 83.9 Å². The molecule has 206 valence electrons. The average molecular weight is 585 g/mol. The predicted octanol–water partition coefficient (Wildman–Crippen LogP) is 5.55. The van der Waals surface area contributed by atoms with Gasteiger partial charge in [-0.25, -0.2) is 0 Å². The highest BCUT2D eigenvalue weighted by Gasteiger charge is 2.37. The average Bonchev–Trinajstić information content (AvgIpc) is 3.45. The number of para-hydroxylation sites is 1. The number of nitrogens with one attached hydrogen (secondary N) is 1. The van der Waals surface area contributed by atoms with E-state index in [0.717, 1.165) is 39.5 Å². The van der Waals surface area contributed by atoms with Crippen LogP contribution in [0.25, 0.3) is 17.0 Å². The minimum atomic E-state index is -0.497. The Morgan fingerprint density at radius 3 is 2.46 bits per heavy atom. The van der Waals surface area contributed by atoms with Gasteiger partial charge in [-0.15, -0.1) is 0 Å². The molecule has 41 heavy (non-hydrogen) atoms. The fourth-order valence-electron chi connectivity index (χ4n) is 5.13. The Labute approximate surface area is 245 Å². The number of hydrogen-bond acceptors (Lipinski definition) is 5. The molecule has 0 aliphatic carbocycles. The molecule has 6 rings (SSSR count). The van der Waals surface area contributed by atoms with Crippen LogP contribution >= 0.6 is 23.4 Å². The van der Waals surface area contributed by atoms with E-state index in [9.17, 15) is 19.2 Å². The second kappa shape index (κ2) is 11.3. The summed E-state index contributed by atoms with van der Waals surface area (Å²) in [5, 5.41) is 3.79. The van der Waals surface area contributed by atoms with Crippen molar-refractivity contribution in [3.05, 3.63) is 106 Å². The molecule has 1 N–H and O–H groups in total. The molecule has 4 amide bonds. The molecule has 2 aliphatic rings. The lowest BCUT2D eigenvalue weighted by Crippen LogP contribution is -2.44. The first-order valence-electron chi connectivity index (χ1n) is 13.1. The molecule has 4 aromatic rings. The lowest BCUT2D eigenvalue weighted by Gasteiger charge is -2.29. The Kier molecular flexibility index (Phi) is 7.38. The van der Waals surface area contributed by atoms with Crippen molar-refractivity contribution in [2.75, 3.05) is 18.4 Å². The molecule has 10 heteroatoms. The van der Waals surface area contributed by atoms with E-state index >= 15 is 0 Å². The maximum Gasteiger partial charge on any atom is 0.294 e.